The van der Waals surface area contributed by atoms with Crippen LogP contribution in [0.5, 0.6) is 11.5 Å². The first-order valence-electron chi connectivity index (χ1n) is 11.2. The summed E-state index contributed by atoms with van der Waals surface area (Å²) < 4.78 is 11.4. The second-order valence-electron chi connectivity index (χ2n) is 8.18. The molecule has 0 atom stereocenters. The smallest absolute Gasteiger partial charge is 0.260 e. The van der Waals surface area contributed by atoms with E-state index >= 15 is 0 Å². The second-order valence-corrected chi connectivity index (χ2v) is 8.18. The van der Waals surface area contributed by atoms with Gasteiger partial charge in [0, 0.05) is 44.1 Å². The molecule has 0 radical (unpaired) electrons. The van der Waals surface area contributed by atoms with Crippen molar-refractivity contribution in [1.29, 1.82) is 0 Å². The number of hydrogen-bond acceptors (Lipinski definition) is 7. The van der Waals surface area contributed by atoms with Gasteiger partial charge in [-0.25, -0.2) is 15.0 Å². The number of aromatic nitrogens is 4. The molecule has 1 N–H and O–H groups in total. The zero-order valence-electron chi connectivity index (χ0n) is 19.2. The number of nitrogens with zero attached hydrogens (tertiary/aromatic N) is 5. The average Bonchev–Trinajstić information content (AvgIpc) is 3.31. The van der Waals surface area contributed by atoms with E-state index in [0.717, 1.165) is 22.4 Å². The fraction of sp³-hybridized carbons (Fsp3) is 0.280. The maximum Gasteiger partial charge on any atom is 0.260 e. The topological polar surface area (TPSA) is 96.5 Å². The zero-order chi connectivity index (χ0) is 23.5. The summed E-state index contributed by atoms with van der Waals surface area (Å²) >= 11 is 0. The third kappa shape index (κ3) is 4.50. The van der Waals surface area contributed by atoms with Gasteiger partial charge in [0.05, 0.1) is 18.1 Å². The minimum atomic E-state index is -0.0626. The minimum Gasteiger partial charge on any atom is -0.493 e. The summed E-state index contributed by atoms with van der Waals surface area (Å²) in [7, 11) is 1.58. The van der Waals surface area contributed by atoms with E-state index in [4.69, 9.17) is 9.47 Å². The summed E-state index contributed by atoms with van der Waals surface area (Å²) in [5, 5.41) is 0. The van der Waals surface area contributed by atoms with Gasteiger partial charge in [-0.1, -0.05) is 6.07 Å². The number of fused-ring (bicyclic) bond motifs is 1. The number of rotatable bonds is 6. The summed E-state index contributed by atoms with van der Waals surface area (Å²) in [4.78, 5) is 33.2. The van der Waals surface area contributed by atoms with Crippen LogP contribution in [0.15, 0.2) is 54.9 Å². The van der Waals surface area contributed by atoms with Crippen molar-refractivity contribution in [3.05, 3.63) is 60.4 Å². The van der Waals surface area contributed by atoms with Crippen LogP contribution in [0.4, 0.5) is 5.95 Å². The number of H-pyrrole nitrogens is 1. The number of carbonyl (C=O) groups excluding carboxylic acids is 1. The number of aromatic amines is 1. The highest BCUT2D eigenvalue weighted by molar-refractivity contribution is 5.80. The average molecular weight is 459 g/mol. The molecule has 2 aromatic heterocycles. The Kier molecular flexibility index (Phi) is 5.99. The zero-order valence-corrected chi connectivity index (χ0v) is 19.2. The minimum absolute atomic E-state index is 0.0541. The van der Waals surface area contributed by atoms with Crippen molar-refractivity contribution in [2.75, 3.05) is 44.8 Å². The van der Waals surface area contributed by atoms with Gasteiger partial charge in [-0.05, 0) is 48.9 Å². The number of hydrogen-bond donors (Lipinski definition) is 1. The van der Waals surface area contributed by atoms with Crippen LogP contribution < -0.4 is 14.4 Å². The van der Waals surface area contributed by atoms with Crippen molar-refractivity contribution in [3.63, 3.8) is 0 Å². The predicted molar refractivity (Wildman–Crippen MR) is 129 cm³/mol. The molecule has 0 spiro atoms. The standard InChI is InChI=1S/C25H26N6O3/c1-17-4-6-19-20(14-17)29-24(28-19)18-5-7-21(22(15-18)33-2)34-16-23(32)30-10-12-31(13-11-30)25-26-8-3-9-27-25/h3-9,14-15H,10-13,16H2,1-2H3,(H,28,29). The Morgan fingerprint density at radius 1 is 1.03 bits per heavy atom. The number of anilines is 1. The molecule has 9 nitrogen and oxygen atoms in total. The Hall–Kier alpha value is -4.14. The van der Waals surface area contributed by atoms with Gasteiger partial charge in [-0.15, -0.1) is 0 Å². The number of amides is 1. The highest BCUT2D eigenvalue weighted by atomic mass is 16.5. The van der Waals surface area contributed by atoms with Crippen LogP contribution in [-0.4, -0.2) is 70.6 Å². The van der Waals surface area contributed by atoms with Crippen molar-refractivity contribution in [1.82, 2.24) is 24.8 Å². The van der Waals surface area contributed by atoms with E-state index in [1.165, 1.54) is 5.56 Å². The van der Waals surface area contributed by atoms with E-state index < -0.39 is 0 Å². The molecule has 1 saturated heterocycles. The van der Waals surface area contributed by atoms with Gasteiger partial charge in [0.15, 0.2) is 18.1 Å². The molecule has 3 heterocycles. The fourth-order valence-electron chi connectivity index (χ4n) is 4.04. The molecule has 1 amide bonds. The number of piperazine rings is 1. The molecule has 0 unspecified atom stereocenters. The summed E-state index contributed by atoms with van der Waals surface area (Å²) in [6.07, 6.45) is 3.45. The van der Waals surface area contributed by atoms with Crippen molar-refractivity contribution >= 4 is 22.9 Å². The van der Waals surface area contributed by atoms with E-state index in [2.05, 4.69) is 30.9 Å². The summed E-state index contributed by atoms with van der Waals surface area (Å²) in [5.41, 5.74) is 3.94. The number of aryl methyl sites for hydroxylation is 1. The van der Waals surface area contributed by atoms with Crippen LogP contribution in [0.2, 0.25) is 0 Å². The maximum absolute atomic E-state index is 12.7. The third-order valence-corrected chi connectivity index (χ3v) is 5.89. The number of methoxy groups -OCH3 is 1. The van der Waals surface area contributed by atoms with Crippen molar-refractivity contribution in [2.24, 2.45) is 0 Å². The van der Waals surface area contributed by atoms with Crippen LogP contribution >= 0.6 is 0 Å². The van der Waals surface area contributed by atoms with Gasteiger partial charge in [-0.2, -0.15) is 0 Å². The summed E-state index contributed by atoms with van der Waals surface area (Å²) in [5.74, 6) is 2.44. The van der Waals surface area contributed by atoms with E-state index in [1.807, 2.05) is 37.3 Å². The molecule has 2 aromatic carbocycles. The maximum atomic E-state index is 12.7. The SMILES string of the molecule is COc1cc(-c2nc3ccc(C)cc3[nH]2)ccc1OCC(=O)N1CCN(c2ncccn2)CC1. The number of nitrogens with one attached hydrogen (secondary N) is 1. The van der Waals surface area contributed by atoms with Gasteiger partial charge in [0.1, 0.15) is 5.82 Å². The molecule has 174 valence electrons. The molecule has 4 aromatic rings. The fourth-order valence-corrected chi connectivity index (χ4v) is 4.04. The Balaban J connectivity index is 1.22. The van der Waals surface area contributed by atoms with Gasteiger partial charge in [0.2, 0.25) is 5.95 Å². The first-order valence-corrected chi connectivity index (χ1v) is 11.2. The van der Waals surface area contributed by atoms with Crippen LogP contribution in [0.1, 0.15) is 5.56 Å². The van der Waals surface area contributed by atoms with E-state index in [1.54, 1.807) is 30.5 Å². The lowest BCUT2D eigenvalue weighted by molar-refractivity contribution is -0.133. The molecule has 0 bridgehead atoms. The molecular weight excluding hydrogens is 432 g/mol. The van der Waals surface area contributed by atoms with Crippen LogP contribution in [0.25, 0.3) is 22.4 Å². The third-order valence-electron chi connectivity index (χ3n) is 5.89. The monoisotopic (exact) mass is 458 g/mol. The quantitative estimate of drug-likeness (QED) is 0.474. The predicted octanol–water partition coefficient (Wildman–Crippen LogP) is 3.06. The van der Waals surface area contributed by atoms with Gasteiger partial charge < -0.3 is 24.3 Å². The summed E-state index contributed by atoms with van der Waals surface area (Å²) in [6, 6.07) is 13.5. The molecule has 0 saturated carbocycles. The molecule has 9 heteroatoms. The Morgan fingerprint density at radius 2 is 1.82 bits per heavy atom. The largest absolute Gasteiger partial charge is 0.493 e. The molecule has 34 heavy (non-hydrogen) atoms. The lowest BCUT2D eigenvalue weighted by Gasteiger charge is -2.34. The van der Waals surface area contributed by atoms with Crippen LogP contribution in [0, 0.1) is 6.92 Å². The second kappa shape index (κ2) is 9.38. The van der Waals surface area contributed by atoms with Crippen LogP contribution in [-0.2, 0) is 4.79 Å². The highest BCUT2D eigenvalue weighted by Gasteiger charge is 2.23. The number of benzene rings is 2. The lowest BCUT2D eigenvalue weighted by atomic mass is 10.2. The normalized spacial score (nSPS) is 13.8. The van der Waals surface area contributed by atoms with E-state index in [9.17, 15) is 4.79 Å². The Bertz CT molecular complexity index is 1300. The first kappa shape index (κ1) is 21.7. The molecule has 1 fully saturated rings. The summed E-state index contributed by atoms with van der Waals surface area (Å²) in [6.45, 7) is 4.56. The number of imidazole rings is 1. The molecule has 0 aliphatic carbocycles. The van der Waals surface area contributed by atoms with E-state index in [0.29, 0.717) is 43.6 Å². The van der Waals surface area contributed by atoms with Crippen molar-refractivity contribution < 1.29 is 14.3 Å². The molecular formula is C25H26N6O3. The number of ether oxygens (including phenoxy) is 2. The van der Waals surface area contributed by atoms with Crippen LogP contribution in [0.3, 0.4) is 0 Å². The van der Waals surface area contributed by atoms with Crippen molar-refractivity contribution in [2.45, 2.75) is 6.92 Å². The van der Waals surface area contributed by atoms with Gasteiger partial charge in [-0.3, -0.25) is 4.79 Å². The van der Waals surface area contributed by atoms with Crippen molar-refractivity contribution in [3.8, 4) is 22.9 Å². The molecule has 5 rings (SSSR count). The first-order chi connectivity index (χ1) is 16.6. The highest BCUT2D eigenvalue weighted by Crippen LogP contribution is 2.32. The molecule has 1 aliphatic rings. The Morgan fingerprint density at radius 3 is 2.59 bits per heavy atom. The Labute approximate surface area is 197 Å². The lowest BCUT2D eigenvalue weighted by Crippen LogP contribution is -2.50. The molecule has 1 aliphatic heterocycles. The van der Waals surface area contributed by atoms with Gasteiger partial charge >= 0.3 is 0 Å². The number of carbonyl (C=O) groups is 1. The van der Waals surface area contributed by atoms with E-state index in [-0.39, 0.29) is 12.5 Å². The van der Waals surface area contributed by atoms with Gasteiger partial charge in [0.25, 0.3) is 5.91 Å².